The summed E-state index contributed by atoms with van der Waals surface area (Å²) in [7, 11) is 3.91. The molecule has 21 heteroatoms. The number of carbonyl (C=O) groups excluding carboxylic acids is 2. The molecule has 2 unspecified atom stereocenters. The van der Waals surface area contributed by atoms with Crippen LogP contribution in [0.1, 0.15) is 81.5 Å². The van der Waals surface area contributed by atoms with Crippen LogP contribution in [0.3, 0.4) is 0 Å². The maximum atomic E-state index is 13.9. The smallest absolute Gasteiger partial charge is 0.253 e. The number of hydrogen-bond donors (Lipinski definition) is 12. The summed E-state index contributed by atoms with van der Waals surface area (Å²) in [5, 5.41) is 134. The lowest BCUT2D eigenvalue weighted by Gasteiger charge is -2.42. The second-order valence-electron chi connectivity index (χ2n) is 18.2. The quantitative estimate of drug-likeness (QED) is 0.0454. The first-order valence-electron chi connectivity index (χ1n) is 22.2. The van der Waals surface area contributed by atoms with Gasteiger partial charge in [0.2, 0.25) is 47.2 Å². The number of aliphatic hydroxyl groups is 8. The molecule has 2 fully saturated rings. The zero-order chi connectivity index (χ0) is 50.0. The summed E-state index contributed by atoms with van der Waals surface area (Å²) in [6.07, 6.45) is 0.505. The van der Waals surface area contributed by atoms with Crippen molar-refractivity contribution in [3.63, 3.8) is 0 Å². The Morgan fingerprint density at radius 3 is 1.51 bits per heavy atom. The van der Waals surface area contributed by atoms with Crippen LogP contribution in [0.15, 0.2) is 54.6 Å². The van der Waals surface area contributed by atoms with Crippen LogP contribution >= 0.6 is 0 Å². The Kier molecular flexibility index (Phi) is 13.0. The summed E-state index contributed by atoms with van der Waals surface area (Å²) in [5.41, 5.74) is -6.35. The van der Waals surface area contributed by atoms with E-state index in [0.29, 0.717) is 12.8 Å². The van der Waals surface area contributed by atoms with E-state index in [9.17, 15) is 70.9 Å². The third kappa shape index (κ3) is 8.11. The van der Waals surface area contributed by atoms with Gasteiger partial charge in [0.1, 0.15) is 0 Å². The van der Waals surface area contributed by atoms with Crippen LogP contribution in [0.5, 0.6) is 51.7 Å². The highest BCUT2D eigenvalue weighted by atomic mass is 16.7. The number of ether oxygens (including phenoxy) is 5. The lowest BCUT2D eigenvalue weighted by Crippen LogP contribution is -2.55. The van der Waals surface area contributed by atoms with E-state index in [2.05, 4.69) is 0 Å². The molecule has 4 aromatic carbocycles. The van der Waals surface area contributed by atoms with Crippen molar-refractivity contribution in [2.75, 3.05) is 54.3 Å². The molecule has 0 aromatic heterocycles. The van der Waals surface area contributed by atoms with E-state index >= 15 is 0 Å². The van der Waals surface area contributed by atoms with Crippen LogP contribution in [0, 0.1) is 11.8 Å². The van der Waals surface area contributed by atoms with E-state index in [0.717, 1.165) is 12.1 Å². The Bertz CT molecular complexity index is 2590. The fourth-order valence-corrected chi connectivity index (χ4v) is 10.2. The fourth-order valence-electron chi connectivity index (χ4n) is 10.2. The highest BCUT2D eigenvalue weighted by Crippen LogP contribution is 2.54. The molecule has 8 rings (SSSR count). The third-order valence-electron chi connectivity index (χ3n) is 14.3. The van der Waals surface area contributed by atoms with Crippen LogP contribution in [0.4, 0.5) is 0 Å². The van der Waals surface area contributed by atoms with Crippen molar-refractivity contribution in [2.24, 2.45) is 11.8 Å². The molecule has 0 spiro atoms. The molecule has 0 amide bonds. The largest absolute Gasteiger partial charge is 0.504 e. The highest BCUT2D eigenvalue weighted by Gasteiger charge is 2.64. The molecule has 2 saturated heterocycles. The molecule has 2 aliphatic heterocycles. The maximum absolute atomic E-state index is 13.9. The number of hydrogen-bond acceptors (Lipinski definition) is 21. The molecular weight excluding hydrogens is 909 g/mol. The Morgan fingerprint density at radius 2 is 1.03 bits per heavy atom. The number of rotatable bonds is 15. The zero-order valence-electron chi connectivity index (χ0n) is 38.0. The SMILES string of the molecule is COc1cc2c(cc1OC)C(O)(O)C(O)(CC1CCN(Cc3c(O)c(O)c(OCOc4cc5c(cc4OC)C(O)(O)C(O)(CC4CCN(C(O)(O)c6ccccc6)CC4)C5=O)c(O)c3O)CC1)C2=O. The fraction of sp³-hybridized carbons (Fsp3) is 0.458. The minimum absolute atomic E-state index is 0.123. The second-order valence-corrected chi connectivity index (χ2v) is 18.2. The zero-order valence-corrected chi connectivity index (χ0v) is 38.0. The predicted molar refractivity (Wildman–Crippen MR) is 237 cm³/mol. The summed E-state index contributed by atoms with van der Waals surface area (Å²) in [6, 6.07) is 12.9. The molecule has 0 bridgehead atoms. The van der Waals surface area contributed by atoms with Crippen molar-refractivity contribution in [1.82, 2.24) is 9.80 Å². The minimum atomic E-state index is -3.08. The molecule has 2 aliphatic carbocycles. The number of benzene rings is 4. The first kappa shape index (κ1) is 49.4. The summed E-state index contributed by atoms with van der Waals surface area (Å²) >= 11 is 0. The van der Waals surface area contributed by atoms with Gasteiger partial charge in [0.15, 0.2) is 45.7 Å². The first-order chi connectivity index (χ1) is 32.5. The average Bonchev–Trinajstić information content (AvgIpc) is 3.57. The lowest BCUT2D eigenvalue weighted by atomic mass is 9.79. The Labute approximate surface area is 394 Å². The number of piperidine rings is 2. The molecule has 4 aliphatic rings. The van der Waals surface area contributed by atoms with Crippen molar-refractivity contribution in [3.8, 4) is 51.7 Å². The van der Waals surface area contributed by atoms with Gasteiger partial charge >= 0.3 is 0 Å². The van der Waals surface area contributed by atoms with E-state index < -0.39 is 81.7 Å². The number of ketones is 2. The summed E-state index contributed by atoms with van der Waals surface area (Å²) < 4.78 is 27.0. The van der Waals surface area contributed by atoms with Gasteiger partial charge in [0, 0.05) is 47.5 Å². The molecular formula is C48H56N2O19. The predicted octanol–water partition coefficient (Wildman–Crippen LogP) is 1.28. The van der Waals surface area contributed by atoms with E-state index in [1.165, 1.54) is 38.4 Å². The van der Waals surface area contributed by atoms with Crippen molar-refractivity contribution in [2.45, 2.75) is 73.8 Å². The Hall–Kier alpha value is -5.98. The number of Topliss-reactive ketones (excluding diaryl/α,β-unsaturated/α-hetero) is 2. The van der Waals surface area contributed by atoms with Gasteiger partial charge in [-0.15, -0.1) is 0 Å². The number of aromatic hydroxyl groups is 4. The highest BCUT2D eigenvalue weighted by molar-refractivity contribution is 6.09. The van der Waals surface area contributed by atoms with Gasteiger partial charge in [0.05, 0.1) is 26.9 Å². The minimum Gasteiger partial charge on any atom is -0.504 e. The van der Waals surface area contributed by atoms with Gasteiger partial charge in [-0.3, -0.25) is 14.5 Å². The number of methoxy groups -OCH3 is 3. The van der Waals surface area contributed by atoms with E-state index in [4.69, 9.17) is 23.7 Å². The van der Waals surface area contributed by atoms with Crippen molar-refractivity contribution >= 4 is 11.6 Å². The van der Waals surface area contributed by atoms with Crippen molar-refractivity contribution < 1.29 is 94.6 Å². The monoisotopic (exact) mass is 964 g/mol. The topological polar surface area (TPSA) is 330 Å². The van der Waals surface area contributed by atoms with Crippen LogP contribution in [0.2, 0.25) is 0 Å². The first-order valence-corrected chi connectivity index (χ1v) is 22.2. The number of fused-ring (bicyclic) bond motifs is 2. The number of likely N-dealkylation sites (tertiary alicyclic amines) is 2. The summed E-state index contributed by atoms with van der Waals surface area (Å²) in [4.78, 5) is 30.5. The Morgan fingerprint density at radius 1 is 0.594 bits per heavy atom. The summed E-state index contributed by atoms with van der Waals surface area (Å²) in [5.74, 6) is -15.4. The van der Waals surface area contributed by atoms with Crippen LogP contribution < -0.4 is 23.7 Å². The lowest BCUT2D eigenvalue weighted by molar-refractivity contribution is -0.284. The van der Waals surface area contributed by atoms with Crippen LogP contribution in [-0.4, -0.2) is 148 Å². The van der Waals surface area contributed by atoms with Crippen LogP contribution in [-0.2, 0) is 24.0 Å². The standard InChI is InChI=1S/C48H56N2O19/c1-65-33-17-28-31(19-34(33)66-2)46(59,60)44(57,42(28)55)21-25-9-13-49(14-10-25)23-30-37(51)39(53)41(40(54)38(30)52)69-24-68-36-18-29-32(20-35(36)67-3)47(61,62)45(58,43(29)56)22-26-11-15-50(16-12-26)48(63,64)27-7-5-4-6-8-27/h4-8,17-20,25-26,51-54,57-64H,9-16,21-24H2,1-3H3. The molecule has 0 radical (unpaired) electrons. The van der Waals surface area contributed by atoms with E-state index in [-0.39, 0.29) is 121 Å². The number of carbonyl (C=O) groups is 2. The molecule has 372 valence electrons. The molecule has 4 aromatic rings. The van der Waals surface area contributed by atoms with Gasteiger partial charge in [0.25, 0.3) is 5.91 Å². The normalized spacial score (nSPS) is 22.9. The summed E-state index contributed by atoms with van der Waals surface area (Å²) in [6.45, 7) is -0.189. The molecule has 69 heavy (non-hydrogen) atoms. The third-order valence-corrected chi connectivity index (χ3v) is 14.3. The second kappa shape index (κ2) is 18.1. The van der Waals surface area contributed by atoms with Gasteiger partial charge in [-0.05, 0) is 87.7 Å². The molecule has 2 heterocycles. The van der Waals surface area contributed by atoms with E-state index in [1.807, 2.05) is 0 Å². The van der Waals surface area contributed by atoms with Gasteiger partial charge in [-0.1, -0.05) is 30.3 Å². The maximum Gasteiger partial charge on any atom is 0.253 e. The van der Waals surface area contributed by atoms with Crippen LogP contribution in [0.25, 0.3) is 0 Å². The number of nitrogens with zero attached hydrogens (tertiary/aromatic N) is 2. The van der Waals surface area contributed by atoms with Gasteiger partial charge in [-0.2, -0.15) is 0 Å². The molecule has 21 nitrogen and oxygen atoms in total. The Balaban J connectivity index is 0.891. The number of phenolic OH excluding ortho intramolecular Hbond substituents is 4. The van der Waals surface area contributed by atoms with Gasteiger partial charge < -0.3 is 85.0 Å². The molecule has 2 atom stereocenters. The van der Waals surface area contributed by atoms with Crippen molar-refractivity contribution in [1.29, 1.82) is 0 Å². The average molecular weight is 965 g/mol. The number of phenols is 4. The van der Waals surface area contributed by atoms with E-state index in [1.54, 1.807) is 35.2 Å². The molecule has 0 saturated carbocycles. The van der Waals surface area contributed by atoms with Crippen molar-refractivity contribution in [3.05, 3.63) is 88.0 Å². The van der Waals surface area contributed by atoms with Gasteiger partial charge in [-0.25, -0.2) is 4.90 Å². The molecule has 12 N–H and O–H groups in total.